The van der Waals surface area contributed by atoms with E-state index >= 15 is 0 Å². The fourth-order valence-electron chi connectivity index (χ4n) is 1.13. The molecule has 1 fully saturated rings. The monoisotopic (exact) mass is 158 g/mol. The summed E-state index contributed by atoms with van der Waals surface area (Å²) in [6, 6.07) is 0. The summed E-state index contributed by atoms with van der Waals surface area (Å²) in [5.41, 5.74) is 0.764. The Morgan fingerprint density at radius 3 is 1.36 bits per heavy atom. The minimum atomic E-state index is 0.764. The van der Waals surface area contributed by atoms with Crippen molar-refractivity contribution in [1.82, 2.24) is 0 Å². The lowest BCUT2D eigenvalue weighted by Crippen LogP contribution is -2.23. The van der Waals surface area contributed by atoms with Crippen molar-refractivity contribution >= 4 is 0 Å². The summed E-state index contributed by atoms with van der Waals surface area (Å²) in [7, 11) is 0. The van der Waals surface area contributed by atoms with Crippen LogP contribution in [-0.2, 0) is 0 Å². The highest BCUT2D eigenvalue weighted by molar-refractivity contribution is 4.81. The first-order chi connectivity index (χ1) is 5.27. The number of hydrogen-bond donors (Lipinski definition) is 0. The van der Waals surface area contributed by atoms with Gasteiger partial charge in [-0.3, -0.25) is 0 Å². The maximum absolute atomic E-state index is 2.39. The van der Waals surface area contributed by atoms with Gasteiger partial charge < -0.3 is 0 Å². The van der Waals surface area contributed by atoms with Crippen LogP contribution in [0, 0.1) is 5.41 Å². The summed E-state index contributed by atoms with van der Waals surface area (Å²) in [6.07, 6.45) is 5.81. The van der Waals surface area contributed by atoms with Crippen molar-refractivity contribution < 1.29 is 0 Å². The summed E-state index contributed by atoms with van der Waals surface area (Å²) in [5.74, 6) is 0. The molecule has 0 aromatic carbocycles. The van der Waals surface area contributed by atoms with Crippen molar-refractivity contribution in [2.45, 2.75) is 67.2 Å². The molecule has 1 aliphatic carbocycles. The van der Waals surface area contributed by atoms with Crippen molar-refractivity contribution in [3.63, 3.8) is 0 Å². The Morgan fingerprint density at radius 1 is 1.00 bits per heavy atom. The van der Waals surface area contributed by atoms with Gasteiger partial charge >= 0.3 is 0 Å². The van der Waals surface area contributed by atoms with Gasteiger partial charge in [0.15, 0.2) is 0 Å². The first-order valence-corrected chi connectivity index (χ1v) is 5.27. The van der Waals surface area contributed by atoms with Crippen LogP contribution in [-0.4, -0.2) is 0 Å². The van der Waals surface area contributed by atoms with E-state index in [1.807, 2.05) is 27.7 Å². The van der Waals surface area contributed by atoms with Crippen LogP contribution in [0.1, 0.15) is 67.2 Å². The molecule has 0 nitrogen and oxygen atoms in total. The van der Waals surface area contributed by atoms with E-state index in [0.717, 1.165) is 5.41 Å². The van der Waals surface area contributed by atoms with Gasteiger partial charge in [0.25, 0.3) is 0 Å². The number of rotatable bonds is 1. The van der Waals surface area contributed by atoms with Gasteiger partial charge in [-0.05, 0) is 18.3 Å². The highest BCUT2D eigenvalue weighted by Crippen LogP contribution is 2.42. The van der Waals surface area contributed by atoms with E-state index in [9.17, 15) is 0 Å². The van der Waals surface area contributed by atoms with Crippen LogP contribution in [0.25, 0.3) is 0 Å². The molecular weight excluding hydrogens is 132 g/mol. The van der Waals surface area contributed by atoms with Gasteiger partial charge in [-0.1, -0.05) is 54.4 Å². The summed E-state index contributed by atoms with van der Waals surface area (Å²) in [5, 5.41) is 0. The first kappa shape index (κ1) is 13.6. The summed E-state index contributed by atoms with van der Waals surface area (Å²) in [6.45, 7) is 12.7. The Labute approximate surface area is 73.4 Å². The molecule has 0 unspecified atom stereocenters. The average molecular weight is 158 g/mol. The van der Waals surface area contributed by atoms with Crippen LogP contribution < -0.4 is 0 Å². The molecule has 11 heavy (non-hydrogen) atoms. The van der Waals surface area contributed by atoms with Gasteiger partial charge in [0, 0.05) is 0 Å². The van der Waals surface area contributed by atoms with Gasteiger partial charge in [0.1, 0.15) is 0 Å². The van der Waals surface area contributed by atoms with Crippen LogP contribution >= 0.6 is 0 Å². The molecule has 0 amide bonds. The quantitative estimate of drug-likeness (QED) is 0.521. The fraction of sp³-hybridized carbons (Fsp3) is 1.00. The van der Waals surface area contributed by atoms with Crippen molar-refractivity contribution in [3.05, 3.63) is 0 Å². The zero-order valence-electron chi connectivity index (χ0n) is 9.33. The Kier molecular flexibility index (Phi) is 10.0. The SMILES string of the molecule is CC.CC.CCC1(C)CCC1. The largest absolute Gasteiger partial charge is 0.0683 e. The molecule has 1 aliphatic rings. The summed E-state index contributed by atoms with van der Waals surface area (Å²) < 4.78 is 0. The lowest BCUT2D eigenvalue weighted by molar-refractivity contribution is 0.155. The van der Waals surface area contributed by atoms with E-state index in [2.05, 4.69) is 13.8 Å². The van der Waals surface area contributed by atoms with E-state index in [-0.39, 0.29) is 0 Å². The molecule has 0 aromatic rings. The van der Waals surface area contributed by atoms with Gasteiger partial charge in [0.2, 0.25) is 0 Å². The van der Waals surface area contributed by atoms with E-state index in [1.165, 1.54) is 25.7 Å². The van der Waals surface area contributed by atoms with Crippen molar-refractivity contribution in [2.75, 3.05) is 0 Å². The van der Waals surface area contributed by atoms with E-state index in [4.69, 9.17) is 0 Å². The van der Waals surface area contributed by atoms with Crippen LogP contribution in [0.3, 0.4) is 0 Å². The Balaban J connectivity index is 0. The summed E-state index contributed by atoms with van der Waals surface area (Å²) in [4.78, 5) is 0. The van der Waals surface area contributed by atoms with E-state index in [0.29, 0.717) is 0 Å². The summed E-state index contributed by atoms with van der Waals surface area (Å²) >= 11 is 0. The van der Waals surface area contributed by atoms with Crippen molar-refractivity contribution in [1.29, 1.82) is 0 Å². The third kappa shape index (κ3) is 5.29. The zero-order chi connectivity index (χ0) is 9.33. The molecule has 70 valence electrons. The second-order valence-corrected chi connectivity index (χ2v) is 3.02. The van der Waals surface area contributed by atoms with Gasteiger partial charge in [0.05, 0.1) is 0 Å². The molecule has 0 spiro atoms. The number of hydrogen-bond acceptors (Lipinski definition) is 0. The molecule has 0 aliphatic heterocycles. The normalized spacial score (nSPS) is 18.0. The van der Waals surface area contributed by atoms with Gasteiger partial charge in [-0.2, -0.15) is 0 Å². The minimum Gasteiger partial charge on any atom is -0.0683 e. The van der Waals surface area contributed by atoms with E-state index in [1.54, 1.807) is 0 Å². The van der Waals surface area contributed by atoms with Crippen LogP contribution in [0.15, 0.2) is 0 Å². The zero-order valence-corrected chi connectivity index (χ0v) is 9.33. The maximum atomic E-state index is 2.39. The Hall–Kier alpha value is 0. The smallest absolute Gasteiger partial charge is 0.0328 e. The molecule has 0 saturated heterocycles. The molecule has 0 radical (unpaired) electrons. The van der Waals surface area contributed by atoms with Crippen LogP contribution in [0.5, 0.6) is 0 Å². The third-order valence-electron chi connectivity index (χ3n) is 2.41. The van der Waals surface area contributed by atoms with Crippen LogP contribution in [0.4, 0.5) is 0 Å². The molecule has 1 rings (SSSR count). The molecule has 0 N–H and O–H groups in total. The molecule has 0 atom stereocenters. The Bertz CT molecular complexity index is 54.9. The molecule has 0 bridgehead atoms. The predicted octanol–water partition coefficient (Wildman–Crippen LogP) is 4.64. The highest BCUT2D eigenvalue weighted by atomic mass is 14.3. The molecule has 0 heterocycles. The van der Waals surface area contributed by atoms with Gasteiger partial charge in [-0.15, -0.1) is 0 Å². The highest BCUT2D eigenvalue weighted by Gasteiger charge is 2.28. The maximum Gasteiger partial charge on any atom is -0.0328 e. The topological polar surface area (TPSA) is 0 Å². The molecular formula is C11H26. The first-order valence-electron chi connectivity index (χ1n) is 5.27. The standard InChI is InChI=1S/C7H14.2C2H6/c1-3-7(2)5-4-6-7;2*1-2/h3-6H2,1-2H3;2*1-2H3. The molecule has 0 heteroatoms. The fourth-order valence-corrected chi connectivity index (χ4v) is 1.13. The van der Waals surface area contributed by atoms with Crippen molar-refractivity contribution in [2.24, 2.45) is 5.41 Å². The lowest BCUT2D eigenvalue weighted by atomic mass is 9.69. The van der Waals surface area contributed by atoms with E-state index < -0.39 is 0 Å². The molecule has 0 aromatic heterocycles. The second-order valence-electron chi connectivity index (χ2n) is 3.02. The average Bonchev–Trinajstić information content (AvgIpc) is 2.08. The lowest BCUT2D eigenvalue weighted by Gasteiger charge is -2.37. The minimum absolute atomic E-state index is 0.764. The van der Waals surface area contributed by atoms with Crippen LogP contribution in [0.2, 0.25) is 0 Å². The second kappa shape index (κ2) is 8.10. The van der Waals surface area contributed by atoms with Gasteiger partial charge in [-0.25, -0.2) is 0 Å². The predicted molar refractivity (Wildman–Crippen MR) is 54.9 cm³/mol. The van der Waals surface area contributed by atoms with Crippen molar-refractivity contribution in [3.8, 4) is 0 Å². The third-order valence-corrected chi connectivity index (χ3v) is 2.41. The Morgan fingerprint density at radius 2 is 1.36 bits per heavy atom. The molecule has 1 saturated carbocycles.